The van der Waals surface area contributed by atoms with E-state index in [-0.39, 0.29) is 12.8 Å². The Balaban J connectivity index is 1.94. The Morgan fingerprint density at radius 1 is 1.71 bits per heavy atom. The van der Waals surface area contributed by atoms with Crippen LogP contribution in [0.25, 0.3) is 0 Å². The summed E-state index contributed by atoms with van der Waals surface area (Å²) in [6.45, 7) is 0. The fraction of sp³-hybridized carbons (Fsp3) is 0.857. The van der Waals surface area contributed by atoms with E-state index in [4.69, 9.17) is 5.73 Å². The van der Waals surface area contributed by atoms with Crippen LogP contribution in [0.1, 0.15) is 24.7 Å². The molecule has 1 aromatic rings. The van der Waals surface area contributed by atoms with Crippen LogP contribution < -0.4 is 5.73 Å². The SMILES string of the molecule is Cn1nnc(C(N)CC2CC2(F)F)n1. The Morgan fingerprint density at radius 3 is 2.79 bits per heavy atom. The molecule has 0 bridgehead atoms. The molecule has 1 aromatic heterocycles. The van der Waals surface area contributed by atoms with Crippen LogP contribution in [0.4, 0.5) is 8.78 Å². The third-order valence-corrected chi connectivity index (χ3v) is 2.35. The summed E-state index contributed by atoms with van der Waals surface area (Å²) in [5, 5.41) is 11.1. The molecule has 0 amide bonds. The highest BCUT2D eigenvalue weighted by Gasteiger charge is 2.57. The van der Waals surface area contributed by atoms with Crippen molar-refractivity contribution in [1.82, 2.24) is 20.2 Å². The van der Waals surface area contributed by atoms with E-state index in [0.717, 1.165) is 0 Å². The van der Waals surface area contributed by atoms with E-state index in [1.165, 1.54) is 4.80 Å². The van der Waals surface area contributed by atoms with Crippen LogP contribution in [0, 0.1) is 5.92 Å². The lowest BCUT2D eigenvalue weighted by molar-refractivity contribution is 0.0952. The van der Waals surface area contributed by atoms with Crippen LogP contribution in [0.15, 0.2) is 0 Å². The van der Waals surface area contributed by atoms with Crippen molar-refractivity contribution >= 4 is 0 Å². The fourth-order valence-corrected chi connectivity index (χ4v) is 1.38. The number of tetrazole rings is 1. The first-order chi connectivity index (χ1) is 6.49. The minimum Gasteiger partial charge on any atom is -0.321 e. The molecule has 2 N–H and O–H groups in total. The molecule has 2 rings (SSSR count). The van der Waals surface area contributed by atoms with E-state index in [2.05, 4.69) is 15.4 Å². The molecule has 1 aliphatic rings. The lowest BCUT2D eigenvalue weighted by Gasteiger charge is -2.04. The normalized spacial score (nSPS) is 26.1. The van der Waals surface area contributed by atoms with Crippen molar-refractivity contribution in [2.75, 3.05) is 0 Å². The number of nitrogens with two attached hydrogens (primary N) is 1. The van der Waals surface area contributed by atoms with Crippen molar-refractivity contribution in [2.24, 2.45) is 18.7 Å². The van der Waals surface area contributed by atoms with Gasteiger partial charge in [-0.15, -0.1) is 10.2 Å². The summed E-state index contributed by atoms with van der Waals surface area (Å²) in [6, 6.07) is -0.540. The maximum atomic E-state index is 12.6. The zero-order chi connectivity index (χ0) is 10.3. The average molecular weight is 203 g/mol. The zero-order valence-corrected chi connectivity index (χ0v) is 7.69. The topological polar surface area (TPSA) is 69.6 Å². The third-order valence-electron chi connectivity index (χ3n) is 2.35. The molecule has 0 saturated heterocycles. The summed E-state index contributed by atoms with van der Waals surface area (Å²) in [5.74, 6) is -2.81. The van der Waals surface area contributed by atoms with Gasteiger partial charge in [0.2, 0.25) is 0 Å². The number of rotatable bonds is 3. The maximum Gasteiger partial charge on any atom is 0.251 e. The van der Waals surface area contributed by atoms with E-state index in [1.807, 2.05) is 0 Å². The monoisotopic (exact) mass is 203 g/mol. The van der Waals surface area contributed by atoms with Gasteiger partial charge >= 0.3 is 0 Å². The number of aromatic nitrogens is 4. The van der Waals surface area contributed by atoms with Gasteiger partial charge in [0.25, 0.3) is 5.92 Å². The van der Waals surface area contributed by atoms with Crippen molar-refractivity contribution in [3.8, 4) is 0 Å². The average Bonchev–Trinajstić information content (AvgIpc) is 2.52. The van der Waals surface area contributed by atoms with Crippen molar-refractivity contribution < 1.29 is 8.78 Å². The van der Waals surface area contributed by atoms with Gasteiger partial charge in [-0.05, 0) is 11.6 Å². The molecule has 78 valence electrons. The molecule has 2 atom stereocenters. The van der Waals surface area contributed by atoms with Gasteiger partial charge in [0, 0.05) is 12.3 Å². The molecule has 7 heteroatoms. The van der Waals surface area contributed by atoms with Crippen molar-refractivity contribution in [3.63, 3.8) is 0 Å². The molecule has 2 unspecified atom stereocenters. The molecule has 0 aliphatic heterocycles. The number of alkyl halides is 2. The van der Waals surface area contributed by atoms with Gasteiger partial charge in [-0.25, -0.2) is 8.78 Å². The Bertz CT molecular complexity index is 337. The molecule has 1 heterocycles. The predicted octanol–water partition coefficient (Wildman–Crippen LogP) is 0.255. The Kier molecular flexibility index (Phi) is 1.99. The molecular formula is C7H11F2N5. The number of aryl methyl sites for hydroxylation is 1. The van der Waals surface area contributed by atoms with Gasteiger partial charge in [-0.2, -0.15) is 4.80 Å². The van der Waals surface area contributed by atoms with Gasteiger partial charge in [0.1, 0.15) is 0 Å². The van der Waals surface area contributed by atoms with Gasteiger partial charge in [0.15, 0.2) is 5.82 Å². The largest absolute Gasteiger partial charge is 0.321 e. The molecule has 14 heavy (non-hydrogen) atoms. The highest BCUT2D eigenvalue weighted by Crippen LogP contribution is 2.52. The van der Waals surface area contributed by atoms with Crippen LogP contribution in [0.2, 0.25) is 0 Å². The second kappa shape index (κ2) is 2.94. The van der Waals surface area contributed by atoms with Crippen LogP contribution in [0.5, 0.6) is 0 Å². The number of hydrogen-bond acceptors (Lipinski definition) is 4. The molecule has 0 aromatic carbocycles. The minimum absolute atomic E-state index is 0.0685. The first-order valence-corrected chi connectivity index (χ1v) is 4.36. The van der Waals surface area contributed by atoms with Crippen molar-refractivity contribution in [1.29, 1.82) is 0 Å². The van der Waals surface area contributed by atoms with E-state index in [1.54, 1.807) is 7.05 Å². The maximum absolute atomic E-state index is 12.6. The predicted molar refractivity (Wildman–Crippen MR) is 43.4 cm³/mol. The highest BCUT2D eigenvalue weighted by atomic mass is 19.3. The smallest absolute Gasteiger partial charge is 0.251 e. The van der Waals surface area contributed by atoms with E-state index >= 15 is 0 Å². The molecule has 5 nitrogen and oxygen atoms in total. The standard InChI is InChI=1S/C7H11F2N5/c1-14-12-6(11-13-14)5(10)2-4-3-7(4,8)9/h4-5H,2-3,10H2,1H3. The Labute approximate surface area is 79.3 Å². The van der Waals surface area contributed by atoms with Gasteiger partial charge in [-0.1, -0.05) is 0 Å². The first kappa shape index (κ1) is 9.45. The molecule has 0 radical (unpaired) electrons. The highest BCUT2D eigenvalue weighted by molar-refractivity contribution is 5.00. The lowest BCUT2D eigenvalue weighted by Crippen LogP contribution is -2.14. The molecule has 1 saturated carbocycles. The van der Waals surface area contributed by atoms with Crippen LogP contribution in [-0.2, 0) is 7.05 Å². The molecule has 1 aliphatic carbocycles. The van der Waals surface area contributed by atoms with Crippen LogP contribution in [-0.4, -0.2) is 26.1 Å². The Morgan fingerprint density at radius 2 is 2.36 bits per heavy atom. The summed E-state index contributed by atoms with van der Waals surface area (Å²) in [4.78, 5) is 1.26. The van der Waals surface area contributed by atoms with Crippen molar-refractivity contribution in [2.45, 2.75) is 24.8 Å². The van der Waals surface area contributed by atoms with Gasteiger partial charge < -0.3 is 5.73 Å². The van der Waals surface area contributed by atoms with Crippen LogP contribution in [0.3, 0.4) is 0 Å². The summed E-state index contributed by atoms with van der Waals surface area (Å²) >= 11 is 0. The molecular weight excluding hydrogens is 192 g/mol. The van der Waals surface area contributed by atoms with E-state index in [0.29, 0.717) is 5.82 Å². The number of halogens is 2. The van der Waals surface area contributed by atoms with E-state index < -0.39 is 17.9 Å². The summed E-state index contributed by atoms with van der Waals surface area (Å²) in [7, 11) is 1.61. The second-order valence-corrected chi connectivity index (χ2v) is 3.64. The van der Waals surface area contributed by atoms with Gasteiger partial charge in [-0.3, -0.25) is 0 Å². The van der Waals surface area contributed by atoms with Crippen molar-refractivity contribution in [3.05, 3.63) is 5.82 Å². The molecule has 1 fully saturated rings. The number of nitrogens with zero attached hydrogens (tertiary/aromatic N) is 4. The third kappa shape index (κ3) is 1.72. The summed E-state index contributed by atoms with van der Waals surface area (Å²) in [5.41, 5.74) is 5.66. The summed E-state index contributed by atoms with van der Waals surface area (Å²) in [6.07, 6.45) is 0.152. The van der Waals surface area contributed by atoms with Crippen LogP contribution >= 0.6 is 0 Å². The fourth-order valence-electron chi connectivity index (χ4n) is 1.38. The summed E-state index contributed by atoms with van der Waals surface area (Å²) < 4.78 is 25.1. The Hall–Kier alpha value is -1.11. The van der Waals surface area contributed by atoms with E-state index in [9.17, 15) is 8.78 Å². The lowest BCUT2D eigenvalue weighted by atomic mass is 10.1. The minimum atomic E-state index is -2.53. The molecule has 0 spiro atoms. The number of hydrogen-bond donors (Lipinski definition) is 1. The quantitative estimate of drug-likeness (QED) is 0.764. The zero-order valence-electron chi connectivity index (χ0n) is 7.69. The second-order valence-electron chi connectivity index (χ2n) is 3.64. The first-order valence-electron chi connectivity index (χ1n) is 4.36. The van der Waals surface area contributed by atoms with Gasteiger partial charge in [0.05, 0.1) is 13.1 Å².